The molecule has 0 radical (unpaired) electrons. The molecular weight excluding hydrogens is 358 g/mol. The van der Waals surface area contributed by atoms with Crippen LogP contribution in [0.25, 0.3) is 22.6 Å². The van der Waals surface area contributed by atoms with Gasteiger partial charge in [0.2, 0.25) is 11.6 Å². The summed E-state index contributed by atoms with van der Waals surface area (Å²) in [6.07, 6.45) is 1.38. The van der Waals surface area contributed by atoms with Crippen molar-refractivity contribution in [3.05, 3.63) is 81.9 Å². The molecule has 1 N–H and O–H groups in total. The number of hydrogen-bond donors (Lipinski definition) is 1. The Morgan fingerprint density at radius 2 is 1.96 bits per heavy atom. The number of aliphatic imine (C=N–C) groups is 1. The topological polar surface area (TPSA) is 102 Å². The number of phenols is 1. The van der Waals surface area contributed by atoms with E-state index < -0.39 is 10.7 Å². The zero-order valence-corrected chi connectivity index (χ0v) is 14.9. The summed E-state index contributed by atoms with van der Waals surface area (Å²) < 4.78 is 5.81. The average molecular weight is 373 g/mol. The third-order valence-corrected chi connectivity index (χ3v) is 4.23. The predicted molar refractivity (Wildman–Crippen MR) is 106 cm³/mol. The van der Waals surface area contributed by atoms with Gasteiger partial charge in [0.25, 0.3) is 0 Å². The summed E-state index contributed by atoms with van der Waals surface area (Å²) in [5.41, 5.74) is 3.77. The third kappa shape index (κ3) is 3.33. The Hall–Kier alpha value is -4.00. The van der Waals surface area contributed by atoms with Gasteiger partial charge in [-0.05, 0) is 43.3 Å². The Kier molecular flexibility index (Phi) is 4.33. The molecule has 4 rings (SSSR count). The number of hydrogen-bond acceptors (Lipinski definition) is 6. The van der Waals surface area contributed by atoms with Crippen LogP contribution in [0.5, 0.6) is 5.75 Å². The summed E-state index contributed by atoms with van der Waals surface area (Å²) in [5, 5.41) is 20.9. The van der Waals surface area contributed by atoms with Crippen LogP contribution in [0, 0.1) is 17.0 Å². The van der Waals surface area contributed by atoms with E-state index in [0.717, 1.165) is 11.1 Å². The van der Waals surface area contributed by atoms with E-state index in [1.54, 1.807) is 24.3 Å². The number of aromatic nitrogens is 1. The van der Waals surface area contributed by atoms with E-state index in [-0.39, 0.29) is 11.3 Å². The number of nitro benzene ring substituents is 1. The van der Waals surface area contributed by atoms with Crippen LogP contribution < -0.4 is 0 Å². The van der Waals surface area contributed by atoms with Crippen molar-refractivity contribution in [3.63, 3.8) is 0 Å². The third-order valence-electron chi connectivity index (χ3n) is 4.23. The SMILES string of the molecule is Cc1cccc(-c2nc3cc(N=Cc4cccc([N+](=O)[O-])c4O)ccc3o2)c1. The second-order valence-corrected chi connectivity index (χ2v) is 6.27. The number of benzene rings is 3. The van der Waals surface area contributed by atoms with Crippen molar-refractivity contribution in [1.29, 1.82) is 0 Å². The first-order valence-corrected chi connectivity index (χ1v) is 8.49. The second kappa shape index (κ2) is 6.96. The standard InChI is InChI=1S/C21H15N3O4/c1-13-4-2-5-14(10-13)21-23-17-11-16(8-9-19(17)28-21)22-12-15-6-3-7-18(20(15)25)24(26)27/h2-12,25H,1H3. The minimum Gasteiger partial charge on any atom is -0.502 e. The lowest BCUT2D eigenvalue weighted by molar-refractivity contribution is -0.385. The largest absolute Gasteiger partial charge is 0.502 e. The van der Waals surface area contributed by atoms with Gasteiger partial charge in [-0.15, -0.1) is 0 Å². The van der Waals surface area contributed by atoms with Gasteiger partial charge in [-0.25, -0.2) is 4.98 Å². The van der Waals surface area contributed by atoms with Crippen molar-refractivity contribution in [2.75, 3.05) is 0 Å². The molecule has 138 valence electrons. The first kappa shape index (κ1) is 17.4. The van der Waals surface area contributed by atoms with E-state index in [1.165, 1.54) is 18.3 Å². The van der Waals surface area contributed by atoms with Crippen LogP contribution in [0.2, 0.25) is 0 Å². The number of nitrogens with zero attached hydrogens (tertiary/aromatic N) is 3. The van der Waals surface area contributed by atoms with E-state index in [1.807, 2.05) is 31.2 Å². The van der Waals surface area contributed by atoms with Crippen molar-refractivity contribution in [2.45, 2.75) is 6.92 Å². The molecule has 1 heterocycles. The number of rotatable bonds is 4. The van der Waals surface area contributed by atoms with Gasteiger partial charge in [-0.2, -0.15) is 0 Å². The van der Waals surface area contributed by atoms with Crippen molar-refractivity contribution in [3.8, 4) is 17.2 Å². The lowest BCUT2D eigenvalue weighted by atomic mass is 10.1. The number of fused-ring (bicyclic) bond motifs is 1. The van der Waals surface area contributed by atoms with Gasteiger partial charge in [0.1, 0.15) is 5.52 Å². The maximum absolute atomic E-state index is 10.9. The zero-order valence-electron chi connectivity index (χ0n) is 14.9. The van der Waals surface area contributed by atoms with Crippen LogP contribution >= 0.6 is 0 Å². The quantitative estimate of drug-likeness (QED) is 0.302. The number of phenolic OH excluding ortho intramolecular Hbond substituents is 1. The molecule has 0 aliphatic heterocycles. The van der Waals surface area contributed by atoms with E-state index >= 15 is 0 Å². The summed E-state index contributed by atoms with van der Waals surface area (Å²) in [7, 11) is 0. The molecule has 4 aromatic rings. The van der Waals surface area contributed by atoms with Crippen LogP contribution in [0.4, 0.5) is 11.4 Å². The van der Waals surface area contributed by atoms with Crippen LogP contribution in [-0.2, 0) is 0 Å². The fraction of sp³-hybridized carbons (Fsp3) is 0.0476. The van der Waals surface area contributed by atoms with E-state index in [4.69, 9.17) is 4.42 Å². The van der Waals surface area contributed by atoms with Crippen LogP contribution in [0.1, 0.15) is 11.1 Å². The summed E-state index contributed by atoms with van der Waals surface area (Å²) in [4.78, 5) is 19.1. The van der Waals surface area contributed by atoms with Crippen molar-refractivity contribution in [1.82, 2.24) is 4.98 Å². The molecule has 0 bridgehead atoms. The molecule has 0 spiro atoms. The Morgan fingerprint density at radius 1 is 1.14 bits per heavy atom. The number of aromatic hydroxyl groups is 1. The van der Waals surface area contributed by atoms with Gasteiger partial charge in [0.05, 0.1) is 10.6 Å². The molecular formula is C21H15N3O4. The van der Waals surface area contributed by atoms with E-state index in [2.05, 4.69) is 9.98 Å². The van der Waals surface area contributed by atoms with Gasteiger partial charge in [0, 0.05) is 23.4 Å². The molecule has 0 aliphatic carbocycles. The highest BCUT2D eigenvalue weighted by Crippen LogP contribution is 2.30. The summed E-state index contributed by atoms with van der Waals surface area (Å²) in [6.45, 7) is 2.00. The smallest absolute Gasteiger partial charge is 0.311 e. The summed E-state index contributed by atoms with van der Waals surface area (Å²) in [5.74, 6) is 0.108. The van der Waals surface area contributed by atoms with Crippen molar-refractivity contribution in [2.24, 2.45) is 4.99 Å². The summed E-state index contributed by atoms with van der Waals surface area (Å²) >= 11 is 0. The minimum absolute atomic E-state index is 0.259. The molecule has 0 saturated heterocycles. The Balaban J connectivity index is 1.66. The Labute approximate surface area is 159 Å². The number of nitro groups is 1. The normalized spacial score (nSPS) is 11.3. The van der Waals surface area contributed by atoms with Gasteiger partial charge >= 0.3 is 5.69 Å². The summed E-state index contributed by atoms with van der Waals surface area (Å²) in [6, 6.07) is 17.4. The fourth-order valence-electron chi connectivity index (χ4n) is 2.84. The molecule has 1 aromatic heterocycles. The highest BCUT2D eigenvalue weighted by atomic mass is 16.6. The fourth-order valence-corrected chi connectivity index (χ4v) is 2.84. The molecule has 0 unspecified atom stereocenters. The monoisotopic (exact) mass is 373 g/mol. The van der Waals surface area contributed by atoms with Gasteiger partial charge in [0.15, 0.2) is 5.58 Å². The minimum atomic E-state index is -0.638. The molecule has 0 fully saturated rings. The van der Waals surface area contributed by atoms with E-state index in [0.29, 0.717) is 22.7 Å². The molecule has 3 aromatic carbocycles. The first-order valence-electron chi connectivity index (χ1n) is 8.49. The van der Waals surface area contributed by atoms with Crippen LogP contribution in [0.15, 0.2) is 70.1 Å². The van der Waals surface area contributed by atoms with Crippen molar-refractivity contribution < 1.29 is 14.4 Å². The van der Waals surface area contributed by atoms with Gasteiger partial charge in [-0.3, -0.25) is 15.1 Å². The molecule has 0 amide bonds. The molecule has 0 saturated carbocycles. The van der Waals surface area contributed by atoms with Crippen LogP contribution in [0.3, 0.4) is 0 Å². The molecule has 28 heavy (non-hydrogen) atoms. The van der Waals surface area contributed by atoms with Gasteiger partial charge < -0.3 is 9.52 Å². The number of para-hydroxylation sites is 1. The number of oxazole rings is 1. The predicted octanol–water partition coefficient (Wildman–Crippen LogP) is 5.17. The average Bonchev–Trinajstić information content (AvgIpc) is 3.10. The Morgan fingerprint density at radius 3 is 2.75 bits per heavy atom. The molecule has 7 nitrogen and oxygen atoms in total. The lowest BCUT2D eigenvalue weighted by Crippen LogP contribution is -1.91. The van der Waals surface area contributed by atoms with Crippen LogP contribution in [-0.4, -0.2) is 21.2 Å². The maximum atomic E-state index is 10.9. The van der Waals surface area contributed by atoms with Crippen molar-refractivity contribution >= 4 is 28.7 Å². The molecule has 0 atom stereocenters. The first-order chi connectivity index (χ1) is 13.5. The molecule has 0 aliphatic rings. The van der Waals surface area contributed by atoms with E-state index in [9.17, 15) is 15.2 Å². The second-order valence-electron chi connectivity index (χ2n) is 6.27. The lowest BCUT2D eigenvalue weighted by Gasteiger charge is -1.99. The zero-order chi connectivity index (χ0) is 19.7. The van der Waals surface area contributed by atoms with Gasteiger partial charge in [-0.1, -0.05) is 23.8 Å². The Bertz CT molecular complexity index is 1230. The number of aryl methyl sites for hydroxylation is 1. The highest BCUT2D eigenvalue weighted by molar-refractivity contribution is 5.88. The highest BCUT2D eigenvalue weighted by Gasteiger charge is 2.15. The molecule has 7 heteroatoms. The maximum Gasteiger partial charge on any atom is 0.311 e.